The number of rotatable bonds is 4. The summed E-state index contributed by atoms with van der Waals surface area (Å²) < 4.78 is 38.2. The second-order valence-corrected chi connectivity index (χ2v) is 5.69. The smallest absolute Gasteiger partial charge is 0.347 e. The predicted octanol–water partition coefficient (Wildman–Crippen LogP) is 3.81. The molecule has 0 fully saturated rings. The van der Waals surface area contributed by atoms with E-state index in [2.05, 4.69) is 15.3 Å². The summed E-state index contributed by atoms with van der Waals surface area (Å²) in [5.41, 5.74) is 0.560. The Hall–Kier alpha value is -3.60. The zero-order chi connectivity index (χ0) is 19.4. The molecule has 2 N–H and O–H groups in total. The van der Waals surface area contributed by atoms with Crippen molar-refractivity contribution < 1.29 is 18.0 Å². The summed E-state index contributed by atoms with van der Waals surface area (Å²) in [6.07, 6.45) is 0.178. The standard InChI is InChI=1S/C19H13F3N4O/c20-19(21,22)15-4-1-3-12(7-15)10-26-18(27)13(9-23)8-14-11-25-17-16(14)5-2-6-24-17/h1-8,11H,10H2,(H,24,25)(H,26,27)/b13-8+. The van der Waals surface area contributed by atoms with Gasteiger partial charge in [-0.1, -0.05) is 12.1 Å². The minimum absolute atomic E-state index is 0.128. The number of hydrogen-bond acceptors (Lipinski definition) is 3. The summed E-state index contributed by atoms with van der Waals surface area (Å²) in [7, 11) is 0. The van der Waals surface area contributed by atoms with Gasteiger partial charge in [0, 0.05) is 29.9 Å². The number of carbonyl (C=O) groups excluding carboxylic acids is 1. The van der Waals surface area contributed by atoms with Crippen LogP contribution >= 0.6 is 0 Å². The second-order valence-electron chi connectivity index (χ2n) is 5.69. The van der Waals surface area contributed by atoms with Gasteiger partial charge in [0.2, 0.25) is 0 Å². The molecule has 8 heteroatoms. The van der Waals surface area contributed by atoms with Crippen molar-refractivity contribution in [2.24, 2.45) is 0 Å². The number of aromatic nitrogens is 2. The van der Waals surface area contributed by atoms with Crippen molar-refractivity contribution in [3.05, 3.63) is 71.1 Å². The third-order valence-electron chi connectivity index (χ3n) is 3.86. The molecule has 0 bridgehead atoms. The summed E-state index contributed by atoms with van der Waals surface area (Å²) in [6, 6.07) is 9.98. The molecule has 0 aliphatic rings. The predicted molar refractivity (Wildman–Crippen MR) is 93.0 cm³/mol. The van der Waals surface area contributed by atoms with E-state index in [1.165, 1.54) is 18.2 Å². The number of hydrogen-bond donors (Lipinski definition) is 2. The van der Waals surface area contributed by atoms with Crippen molar-refractivity contribution in [2.45, 2.75) is 12.7 Å². The Balaban J connectivity index is 1.76. The van der Waals surface area contributed by atoms with Gasteiger partial charge >= 0.3 is 6.18 Å². The maximum atomic E-state index is 12.7. The third kappa shape index (κ3) is 4.15. The van der Waals surface area contributed by atoms with Gasteiger partial charge in [-0.15, -0.1) is 0 Å². The first-order valence-electron chi connectivity index (χ1n) is 7.86. The van der Waals surface area contributed by atoms with Crippen LogP contribution in [0, 0.1) is 11.3 Å². The van der Waals surface area contributed by atoms with Crippen LogP contribution in [0.4, 0.5) is 13.2 Å². The number of benzene rings is 1. The Bertz CT molecular complexity index is 1060. The summed E-state index contributed by atoms with van der Waals surface area (Å²) in [6.45, 7) is -0.128. The van der Waals surface area contributed by atoms with Crippen molar-refractivity contribution in [3.63, 3.8) is 0 Å². The van der Waals surface area contributed by atoms with Gasteiger partial charge in [0.15, 0.2) is 0 Å². The van der Waals surface area contributed by atoms with Crippen molar-refractivity contribution in [3.8, 4) is 6.07 Å². The summed E-state index contributed by atoms with van der Waals surface area (Å²) >= 11 is 0. The monoisotopic (exact) mass is 370 g/mol. The topological polar surface area (TPSA) is 81.6 Å². The van der Waals surface area contributed by atoms with Crippen molar-refractivity contribution in [1.29, 1.82) is 5.26 Å². The first kappa shape index (κ1) is 18.2. The number of H-pyrrole nitrogens is 1. The van der Waals surface area contributed by atoms with Crippen molar-refractivity contribution in [1.82, 2.24) is 15.3 Å². The normalized spacial score (nSPS) is 12.0. The molecule has 0 aliphatic carbocycles. The lowest BCUT2D eigenvalue weighted by molar-refractivity contribution is -0.137. The van der Waals surface area contributed by atoms with Crippen LogP contribution in [0.15, 0.2) is 54.4 Å². The van der Waals surface area contributed by atoms with Gasteiger partial charge in [0.1, 0.15) is 17.3 Å². The van der Waals surface area contributed by atoms with Gasteiger partial charge in [0.05, 0.1) is 5.56 Å². The first-order valence-corrected chi connectivity index (χ1v) is 7.86. The van der Waals surface area contributed by atoms with E-state index in [-0.39, 0.29) is 17.7 Å². The fourth-order valence-electron chi connectivity index (χ4n) is 2.54. The van der Waals surface area contributed by atoms with Crippen LogP contribution in [0.3, 0.4) is 0 Å². The molecule has 0 spiro atoms. The number of amides is 1. The number of alkyl halides is 3. The highest BCUT2D eigenvalue weighted by atomic mass is 19.4. The Kier molecular flexibility index (Phi) is 4.94. The zero-order valence-corrected chi connectivity index (χ0v) is 13.8. The van der Waals surface area contributed by atoms with E-state index in [4.69, 9.17) is 0 Å². The largest absolute Gasteiger partial charge is 0.416 e. The molecule has 1 amide bonds. The Morgan fingerprint density at radius 3 is 2.85 bits per heavy atom. The zero-order valence-electron chi connectivity index (χ0n) is 13.8. The fraction of sp³-hybridized carbons (Fsp3) is 0.105. The first-order chi connectivity index (χ1) is 12.9. The molecule has 2 aromatic heterocycles. The van der Waals surface area contributed by atoms with Crippen LogP contribution in [0.5, 0.6) is 0 Å². The van der Waals surface area contributed by atoms with E-state index in [9.17, 15) is 23.2 Å². The molecule has 1 aromatic carbocycles. The Morgan fingerprint density at radius 2 is 2.11 bits per heavy atom. The molecule has 2 heterocycles. The third-order valence-corrected chi connectivity index (χ3v) is 3.86. The Morgan fingerprint density at radius 1 is 1.30 bits per heavy atom. The molecule has 5 nitrogen and oxygen atoms in total. The summed E-state index contributed by atoms with van der Waals surface area (Å²) in [5, 5.41) is 12.5. The average molecular weight is 370 g/mol. The molecule has 0 radical (unpaired) electrons. The van der Waals surface area contributed by atoms with Crippen LogP contribution in [0.25, 0.3) is 17.1 Å². The Labute approximate surface area is 152 Å². The van der Waals surface area contributed by atoms with Gasteiger partial charge in [-0.3, -0.25) is 4.79 Å². The summed E-state index contributed by atoms with van der Waals surface area (Å²) in [4.78, 5) is 19.3. The molecule has 0 saturated heterocycles. The van der Waals surface area contributed by atoms with E-state index < -0.39 is 17.6 Å². The SMILES string of the molecule is N#C/C(=C\c1c[nH]c2ncccc12)C(=O)NCc1cccc(C(F)(F)F)c1. The lowest BCUT2D eigenvalue weighted by Gasteiger charge is -2.09. The fourth-order valence-corrected chi connectivity index (χ4v) is 2.54. The minimum atomic E-state index is -4.46. The molecule has 0 atom stereocenters. The van der Waals surface area contributed by atoms with E-state index in [1.807, 2.05) is 6.07 Å². The van der Waals surface area contributed by atoms with E-state index in [0.717, 1.165) is 17.5 Å². The molecule has 0 saturated carbocycles. The molecule has 0 unspecified atom stereocenters. The quantitative estimate of drug-likeness (QED) is 0.541. The van der Waals surface area contributed by atoms with Crippen molar-refractivity contribution >= 4 is 23.0 Å². The van der Waals surface area contributed by atoms with Gasteiger partial charge in [0.25, 0.3) is 5.91 Å². The highest BCUT2D eigenvalue weighted by Gasteiger charge is 2.30. The van der Waals surface area contributed by atoms with Crippen LogP contribution in [-0.2, 0) is 17.5 Å². The van der Waals surface area contributed by atoms with Crippen molar-refractivity contribution in [2.75, 3.05) is 0 Å². The molecule has 136 valence electrons. The van der Waals surface area contributed by atoms with Crippen LogP contribution < -0.4 is 5.32 Å². The highest BCUT2D eigenvalue weighted by molar-refractivity contribution is 6.03. The lowest BCUT2D eigenvalue weighted by Crippen LogP contribution is -2.24. The molecule has 3 aromatic rings. The number of pyridine rings is 1. The number of carbonyl (C=O) groups is 1. The molecular formula is C19H13F3N4O. The highest BCUT2D eigenvalue weighted by Crippen LogP contribution is 2.29. The van der Waals surface area contributed by atoms with E-state index >= 15 is 0 Å². The summed E-state index contributed by atoms with van der Waals surface area (Å²) in [5.74, 6) is -0.673. The maximum Gasteiger partial charge on any atom is 0.416 e. The van der Waals surface area contributed by atoms with Gasteiger partial charge in [-0.25, -0.2) is 4.98 Å². The van der Waals surface area contributed by atoms with E-state index in [1.54, 1.807) is 24.5 Å². The maximum absolute atomic E-state index is 12.7. The molecule has 0 aliphatic heterocycles. The molecular weight excluding hydrogens is 357 g/mol. The number of nitriles is 1. The minimum Gasteiger partial charge on any atom is -0.347 e. The number of fused-ring (bicyclic) bond motifs is 1. The van der Waals surface area contributed by atoms with Crippen LogP contribution in [0.1, 0.15) is 16.7 Å². The van der Waals surface area contributed by atoms with Gasteiger partial charge in [-0.2, -0.15) is 18.4 Å². The van der Waals surface area contributed by atoms with Crippen LogP contribution in [-0.4, -0.2) is 15.9 Å². The number of halogens is 3. The van der Waals surface area contributed by atoms with Gasteiger partial charge < -0.3 is 10.3 Å². The molecule has 3 rings (SSSR count). The average Bonchev–Trinajstić information content (AvgIpc) is 3.06. The number of nitrogens with one attached hydrogen (secondary N) is 2. The van der Waals surface area contributed by atoms with Gasteiger partial charge in [-0.05, 0) is 35.9 Å². The number of nitrogens with zero attached hydrogens (tertiary/aromatic N) is 2. The van der Waals surface area contributed by atoms with E-state index in [0.29, 0.717) is 11.2 Å². The number of aromatic amines is 1. The molecule has 27 heavy (non-hydrogen) atoms. The second kappa shape index (κ2) is 7.33. The lowest BCUT2D eigenvalue weighted by atomic mass is 10.1. The van der Waals surface area contributed by atoms with Crippen LogP contribution in [0.2, 0.25) is 0 Å².